The van der Waals surface area contributed by atoms with Crippen LogP contribution >= 0.6 is 0 Å². The van der Waals surface area contributed by atoms with Crippen molar-refractivity contribution in [1.29, 1.82) is 0 Å². The largest absolute Gasteiger partial charge is 0.489 e. The van der Waals surface area contributed by atoms with E-state index in [-0.39, 0.29) is 6.10 Å². The second kappa shape index (κ2) is 11.0. The minimum absolute atomic E-state index is 0.0604. The smallest absolute Gasteiger partial charge is 0.193 e. The molecule has 1 saturated heterocycles. The molecular formula is C20H33N3O3. The number of rotatable bonds is 9. The molecule has 1 aliphatic heterocycles. The van der Waals surface area contributed by atoms with Crippen molar-refractivity contribution in [3.8, 4) is 5.75 Å². The van der Waals surface area contributed by atoms with Gasteiger partial charge in [-0.25, -0.2) is 0 Å². The van der Waals surface area contributed by atoms with Crippen molar-refractivity contribution in [3.63, 3.8) is 0 Å². The third-order valence-corrected chi connectivity index (χ3v) is 4.49. The Bertz CT molecular complexity index is 548. The van der Waals surface area contributed by atoms with E-state index in [4.69, 9.17) is 14.2 Å². The van der Waals surface area contributed by atoms with Gasteiger partial charge in [0.1, 0.15) is 11.9 Å². The normalized spacial score (nSPS) is 18.8. The van der Waals surface area contributed by atoms with Gasteiger partial charge in [-0.15, -0.1) is 0 Å². The van der Waals surface area contributed by atoms with Crippen LogP contribution in [0.3, 0.4) is 0 Å². The highest BCUT2D eigenvalue weighted by molar-refractivity contribution is 5.80. The Morgan fingerprint density at radius 3 is 2.77 bits per heavy atom. The van der Waals surface area contributed by atoms with Gasteiger partial charge in [-0.3, -0.25) is 4.99 Å². The fourth-order valence-electron chi connectivity index (χ4n) is 3.01. The van der Waals surface area contributed by atoms with Crippen molar-refractivity contribution in [2.24, 2.45) is 10.9 Å². The van der Waals surface area contributed by atoms with Gasteiger partial charge in [0, 0.05) is 33.2 Å². The van der Waals surface area contributed by atoms with Gasteiger partial charge in [0.15, 0.2) is 5.96 Å². The molecule has 146 valence electrons. The van der Waals surface area contributed by atoms with Gasteiger partial charge in [0.05, 0.1) is 26.4 Å². The molecule has 0 bridgehead atoms. The molecule has 1 fully saturated rings. The average Bonchev–Trinajstić information content (AvgIpc) is 3.10. The van der Waals surface area contributed by atoms with E-state index in [2.05, 4.69) is 41.2 Å². The van der Waals surface area contributed by atoms with Crippen LogP contribution in [0, 0.1) is 12.8 Å². The highest BCUT2D eigenvalue weighted by Crippen LogP contribution is 2.17. The van der Waals surface area contributed by atoms with Crippen LogP contribution in [0.15, 0.2) is 29.3 Å². The zero-order valence-corrected chi connectivity index (χ0v) is 16.5. The number of methoxy groups -OCH3 is 1. The Morgan fingerprint density at radius 2 is 2.08 bits per heavy atom. The molecule has 0 amide bonds. The van der Waals surface area contributed by atoms with Crippen molar-refractivity contribution in [2.75, 3.05) is 53.6 Å². The SMILES string of the molecule is CN=C(NCC(C)Oc1ccc(C)cc1)N1CCC(COCCOC)C1. The van der Waals surface area contributed by atoms with Crippen molar-refractivity contribution >= 4 is 5.96 Å². The second-order valence-corrected chi connectivity index (χ2v) is 6.84. The number of ether oxygens (including phenoxy) is 3. The number of benzene rings is 1. The summed E-state index contributed by atoms with van der Waals surface area (Å²) in [6.45, 7) is 8.93. The highest BCUT2D eigenvalue weighted by atomic mass is 16.5. The summed E-state index contributed by atoms with van der Waals surface area (Å²) in [7, 11) is 3.52. The molecule has 0 aromatic heterocycles. The zero-order valence-electron chi connectivity index (χ0n) is 16.5. The summed E-state index contributed by atoms with van der Waals surface area (Å²) in [5, 5.41) is 3.43. The van der Waals surface area contributed by atoms with Crippen LogP contribution in [-0.4, -0.2) is 70.6 Å². The van der Waals surface area contributed by atoms with Gasteiger partial charge in [-0.1, -0.05) is 17.7 Å². The third kappa shape index (κ3) is 6.84. The number of likely N-dealkylation sites (tertiary alicyclic amines) is 1. The van der Waals surface area contributed by atoms with Crippen molar-refractivity contribution in [2.45, 2.75) is 26.4 Å². The Kier molecular flexibility index (Phi) is 8.71. The van der Waals surface area contributed by atoms with E-state index >= 15 is 0 Å². The molecule has 2 rings (SSSR count). The molecule has 0 spiro atoms. The van der Waals surface area contributed by atoms with E-state index in [1.165, 1.54) is 5.56 Å². The Hall–Kier alpha value is -1.79. The van der Waals surface area contributed by atoms with Gasteiger partial charge >= 0.3 is 0 Å². The summed E-state index contributed by atoms with van der Waals surface area (Å²) < 4.78 is 16.6. The number of nitrogens with one attached hydrogen (secondary N) is 1. The quantitative estimate of drug-likeness (QED) is 0.415. The molecular weight excluding hydrogens is 330 g/mol. The summed E-state index contributed by atoms with van der Waals surface area (Å²) >= 11 is 0. The standard InChI is InChI=1S/C20H33N3O3/c1-16-5-7-19(8-6-16)26-17(2)13-22-20(21-3)23-10-9-18(14-23)15-25-12-11-24-4/h5-8,17-18H,9-15H2,1-4H3,(H,21,22). The van der Waals surface area contributed by atoms with Crippen LogP contribution in [0.2, 0.25) is 0 Å². The third-order valence-electron chi connectivity index (χ3n) is 4.49. The number of hydrogen-bond donors (Lipinski definition) is 1. The molecule has 0 aliphatic carbocycles. The van der Waals surface area contributed by atoms with Gasteiger partial charge in [-0.05, 0) is 32.4 Å². The van der Waals surface area contributed by atoms with Gasteiger partial charge in [0.25, 0.3) is 0 Å². The van der Waals surface area contributed by atoms with Crippen LogP contribution in [-0.2, 0) is 9.47 Å². The lowest BCUT2D eigenvalue weighted by atomic mass is 10.1. The van der Waals surface area contributed by atoms with E-state index in [1.54, 1.807) is 7.11 Å². The van der Waals surface area contributed by atoms with Crippen molar-refractivity contribution < 1.29 is 14.2 Å². The fraction of sp³-hybridized carbons (Fsp3) is 0.650. The average molecular weight is 364 g/mol. The summed E-state index contributed by atoms with van der Waals surface area (Å²) in [6, 6.07) is 8.14. The first-order valence-corrected chi connectivity index (χ1v) is 9.38. The van der Waals surface area contributed by atoms with Gasteiger partial charge < -0.3 is 24.4 Å². The van der Waals surface area contributed by atoms with E-state index < -0.39 is 0 Å². The second-order valence-electron chi connectivity index (χ2n) is 6.84. The Morgan fingerprint density at radius 1 is 1.31 bits per heavy atom. The summed E-state index contributed by atoms with van der Waals surface area (Å²) in [6.07, 6.45) is 1.19. The fourth-order valence-corrected chi connectivity index (χ4v) is 3.01. The lowest BCUT2D eigenvalue weighted by Crippen LogP contribution is -2.43. The molecule has 1 heterocycles. The first kappa shape index (κ1) is 20.5. The molecule has 2 atom stereocenters. The molecule has 1 N–H and O–H groups in total. The minimum Gasteiger partial charge on any atom is -0.489 e. The maximum absolute atomic E-state index is 5.96. The monoisotopic (exact) mass is 363 g/mol. The van der Waals surface area contributed by atoms with E-state index in [0.29, 0.717) is 25.7 Å². The van der Waals surface area contributed by atoms with Crippen LogP contribution in [0.4, 0.5) is 0 Å². The molecule has 2 unspecified atom stereocenters. The predicted molar refractivity (Wildman–Crippen MR) is 105 cm³/mol. The molecule has 6 nitrogen and oxygen atoms in total. The maximum atomic E-state index is 5.96. The lowest BCUT2D eigenvalue weighted by molar-refractivity contribution is 0.0536. The van der Waals surface area contributed by atoms with E-state index in [1.807, 2.05) is 19.2 Å². The first-order chi connectivity index (χ1) is 12.6. The molecule has 0 saturated carbocycles. The summed E-state index contributed by atoms with van der Waals surface area (Å²) in [5.74, 6) is 2.38. The topological polar surface area (TPSA) is 55.3 Å². The Labute approximate surface area is 157 Å². The van der Waals surface area contributed by atoms with Crippen molar-refractivity contribution in [1.82, 2.24) is 10.2 Å². The molecule has 1 aromatic rings. The van der Waals surface area contributed by atoms with Crippen LogP contribution in [0.5, 0.6) is 5.75 Å². The van der Waals surface area contributed by atoms with Crippen molar-refractivity contribution in [3.05, 3.63) is 29.8 Å². The predicted octanol–water partition coefficient (Wildman–Crippen LogP) is 2.32. The molecule has 0 radical (unpaired) electrons. The first-order valence-electron chi connectivity index (χ1n) is 9.38. The number of nitrogens with zero attached hydrogens (tertiary/aromatic N) is 2. The number of aliphatic imine (C=N–C) groups is 1. The van der Waals surface area contributed by atoms with Gasteiger partial charge in [0.2, 0.25) is 0 Å². The molecule has 1 aliphatic rings. The van der Waals surface area contributed by atoms with Crippen LogP contribution in [0.1, 0.15) is 18.9 Å². The zero-order chi connectivity index (χ0) is 18.8. The molecule has 1 aromatic carbocycles. The maximum Gasteiger partial charge on any atom is 0.193 e. The summed E-state index contributed by atoms with van der Waals surface area (Å²) in [4.78, 5) is 6.71. The van der Waals surface area contributed by atoms with Crippen LogP contribution in [0.25, 0.3) is 0 Å². The van der Waals surface area contributed by atoms with E-state index in [9.17, 15) is 0 Å². The summed E-state index contributed by atoms with van der Waals surface area (Å²) in [5.41, 5.74) is 1.23. The molecule has 26 heavy (non-hydrogen) atoms. The Balaban J connectivity index is 1.71. The van der Waals surface area contributed by atoms with Crippen LogP contribution < -0.4 is 10.1 Å². The highest BCUT2D eigenvalue weighted by Gasteiger charge is 2.25. The minimum atomic E-state index is 0.0604. The number of hydrogen-bond acceptors (Lipinski definition) is 4. The van der Waals surface area contributed by atoms with E-state index in [0.717, 1.165) is 37.8 Å². The number of guanidine groups is 1. The number of aryl methyl sites for hydroxylation is 1. The lowest BCUT2D eigenvalue weighted by Gasteiger charge is -2.23. The molecule has 6 heteroatoms. The van der Waals surface area contributed by atoms with Gasteiger partial charge in [-0.2, -0.15) is 0 Å².